The summed E-state index contributed by atoms with van der Waals surface area (Å²) in [6.07, 6.45) is 3.77. The molecule has 1 fully saturated rings. The lowest BCUT2D eigenvalue weighted by molar-refractivity contribution is -0.384. The van der Waals surface area contributed by atoms with Crippen LogP contribution in [-0.4, -0.2) is 28.9 Å². The summed E-state index contributed by atoms with van der Waals surface area (Å²) in [6.45, 7) is 0.676. The molecule has 1 amide bonds. The van der Waals surface area contributed by atoms with Gasteiger partial charge in [-0.05, 0) is 24.8 Å². The van der Waals surface area contributed by atoms with Crippen molar-refractivity contribution in [3.63, 3.8) is 0 Å². The summed E-state index contributed by atoms with van der Waals surface area (Å²) in [4.78, 5) is 25.5. The largest absolute Gasteiger partial charge is 0.355 e. The molecule has 0 saturated heterocycles. The Hall–Kier alpha value is -2.18. The van der Waals surface area contributed by atoms with Crippen molar-refractivity contribution >= 4 is 17.4 Å². The SMILES string of the molecule is O=C(CNc1ncccc1[N+](=O)[O-])NCC1CC1. The Morgan fingerprint density at radius 3 is 3.00 bits per heavy atom. The van der Waals surface area contributed by atoms with Crippen LogP contribution in [0.4, 0.5) is 11.5 Å². The van der Waals surface area contributed by atoms with E-state index in [0.717, 1.165) is 0 Å². The highest BCUT2D eigenvalue weighted by molar-refractivity contribution is 5.81. The highest BCUT2D eigenvalue weighted by Gasteiger charge is 2.21. The number of pyridine rings is 1. The Kier molecular flexibility index (Phi) is 3.71. The van der Waals surface area contributed by atoms with Crippen LogP contribution in [0.2, 0.25) is 0 Å². The third kappa shape index (κ3) is 3.41. The molecule has 0 aliphatic heterocycles. The number of rotatable bonds is 6. The van der Waals surface area contributed by atoms with Gasteiger partial charge >= 0.3 is 5.69 Å². The molecule has 1 aromatic heterocycles. The molecule has 0 spiro atoms. The van der Waals surface area contributed by atoms with E-state index in [0.29, 0.717) is 12.5 Å². The normalized spacial score (nSPS) is 14.0. The van der Waals surface area contributed by atoms with Crippen LogP contribution in [0.5, 0.6) is 0 Å². The zero-order valence-electron chi connectivity index (χ0n) is 9.76. The van der Waals surface area contributed by atoms with Crippen molar-refractivity contribution in [2.75, 3.05) is 18.4 Å². The van der Waals surface area contributed by atoms with E-state index in [1.54, 1.807) is 0 Å². The minimum atomic E-state index is -0.530. The van der Waals surface area contributed by atoms with Crippen molar-refractivity contribution in [1.82, 2.24) is 10.3 Å². The van der Waals surface area contributed by atoms with Crippen LogP contribution in [-0.2, 0) is 4.79 Å². The number of amides is 1. The van der Waals surface area contributed by atoms with Gasteiger partial charge in [0.05, 0.1) is 11.5 Å². The van der Waals surface area contributed by atoms with Gasteiger partial charge in [0.2, 0.25) is 11.7 Å². The molecule has 2 rings (SSSR count). The standard InChI is InChI=1S/C11H14N4O3/c16-10(13-6-8-3-4-8)7-14-11-9(15(17)18)2-1-5-12-11/h1-2,5,8H,3-4,6-7H2,(H,12,14)(H,13,16). The number of nitro groups is 1. The molecule has 1 saturated carbocycles. The number of aromatic nitrogens is 1. The van der Waals surface area contributed by atoms with E-state index >= 15 is 0 Å². The fourth-order valence-corrected chi connectivity index (χ4v) is 1.49. The molecule has 7 nitrogen and oxygen atoms in total. The van der Waals surface area contributed by atoms with Crippen LogP contribution in [0.15, 0.2) is 18.3 Å². The fourth-order valence-electron chi connectivity index (χ4n) is 1.49. The highest BCUT2D eigenvalue weighted by atomic mass is 16.6. The maximum atomic E-state index is 11.5. The zero-order chi connectivity index (χ0) is 13.0. The van der Waals surface area contributed by atoms with Crippen LogP contribution >= 0.6 is 0 Å². The highest BCUT2D eigenvalue weighted by Crippen LogP contribution is 2.27. The van der Waals surface area contributed by atoms with Crippen LogP contribution in [0.3, 0.4) is 0 Å². The molecule has 0 atom stereocenters. The summed E-state index contributed by atoms with van der Waals surface area (Å²) >= 11 is 0. The van der Waals surface area contributed by atoms with Crippen molar-refractivity contribution in [2.45, 2.75) is 12.8 Å². The van der Waals surface area contributed by atoms with Gasteiger partial charge in [0.25, 0.3) is 0 Å². The van der Waals surface area contributed by atoms with E-state index in [1.165, 1.54) is 31.2 Å². The Morgan fingerprint density at radius 1 is 1.56 bits per heavy atom. The second-order valence-electron chi connectivity index (χ2n) is 4.23. The van der Waals surface area contributed by atoms with Gasteiger partial charge in [-0.25, -0.2) is 4.98 Å². The number of nitrogens with zero attached hydrogens (tertiary/aromatic N) is 2. The van der Waals surface area contributed by atoms with Crippen molar-refractivity contribution in [3.8, 4) is 0 Å². The first kappa shape index (κ1) is 12.3. The second-order valence-corrected chi connectivity index (χ2v) is 4.23. The number of nitrogens with one attached hydrogen (secondary N) is 2. The number of carbonyl (C=O) groups is 1. The molecule has 1 aliphatic rings. The summed E-state index contributed by atoms with van der Waals surface area (Å²) < 4.78 is 0. The molecule has 0 aromatic carbocycles. The van der Waals surface area contributed by atoms with Gasteiger partial charge in [-0.2, -0.15) is 0 Å². The summed E-state index contributed by atoms with van der Waals surface area (Å²) in [7, 11) is 0. The first-order valence-corrected chi connectivity index (χ1v) is 5.77. The molecule has 1 aliphatic carbocycles. The maximum Gasteiger partial charge on any atom is 0.311 e. The number of carbonyl (C=O) groups excluding carboxylic acids is 1. The summed E-state index contributed by atoms with van der Waals surface area (Å²) in [5.41, 5.74) is -0.132. The van der Waals surface area contributed by atoms with Gasteiger partial charge in [0.15, 0.2) is 0 Å². The van der Waals surface area contributed by atoms with Gasteiger partial charge in [-0.15, -0.1) is 0 Å². The topological polar surface area (TPSA) is 97.2 Å². The minimum Gasteiger partial charge on any atom is -0.355 e. The second kappa shape index (κ2) is 5.44. The number of hydrogen-bond donors (Lipinski definition) is 2. The molecule has 7 heteroatoms. The monoisotopic (exact) mass is 250 g/mol. The predicted molar refractivity (Wildman–Crippen MR) is 65.1 cm³/mol. The molecular formula is C11H14N4O3. The van der Waals surface area contributed by atoms with E-state index in [9.17, 15) is 14.9 Å². The van der Waals surface area contributed by atoms with E-state index in [4.69, 9.17) is 0 Å². The van der Waals surface area contributed by atoms with Gasteiger partial charge in [0.1, 0.15) is 0 Å². The van der Waals surface area contributed by atoms with Crippen molar-refractivity contribution in [1.29, 1.82) is 0 Å². The van der Waals surface area contributed by atoms with Gasteiger partial charge in [0, 0.05) is 18.8 Å². The maximum absolute atomic E-state index is 11.5. The first-order valence-electron chi connectivity index (χ1n) is 5.77. The number of anilines is 1. The third-order valence-corrected chi connectivity index (χ3v) is 2.68. The molecule has 96 valence electrons. The zero-order valence-corrected chi connectivity index (χ0v) is 9.76. The molecule has 1 heterocycles. The molecule has 2 N–H and O–H groups in total. The Labute approximate surface area is 104 Å². The molecule has 0 bridgehead atoms. The van der Waals surface area contributed by atoms with E-state index in [1.807, 2.05) is 0 Å². The average molecular weight is 250 g/mol. The average Bonchev–Trinajstić information content (AvgIpc) is 3.18. The van der Waals surface area contributed by atoms with Gasteiger partial charge in [-0.3, -0.25) is 14.9 Å². The molecule has 1 aromatic rings. The predicted octanol–water partition coefficient (Wildman–Crippen LogP) is 0.928. The Balaban J connectivity index is 1.84. The van der Waals surface area contributed by atoms with E-state index in [2.05, 4.69) is 15.6 Å². The van der Waals surface area contributed by atoms with E-state index in [-0.39, 0.29) is 24.0 Å². The van der Waals surface area contributed by atoms with Gasteiger partial charge < -0.3 is 10.6 Å². The van der Waals surface area contributed by atoms with Crippen molar-refractivity contribution < 1.29 is 9.72 Å². The van der Waals surface area contributed by atoms with Crippen LogP contribution in [0.25, 0.3) is 0 Å². The van der Waals surface area contributed by atoms with Crippen molar-refractivity contribution in [3.05, 3.63) is 28.4 Å². The fraction of sp³-hybridized carbons (Fsp3) is 0.455. The smallest absolute Gasteiger partial charge is 0.311 e. The Morgan fingerprint density at radius 2 is 2.33 bits per heavy atom. The Bertz CT molecular complexity index is 459. The molecule has 0 radical (unpaired) electrons. The summed E-state index contributed by atoms with van der Waals surface area (Å²) in [5.74, 6) is 0.545. The van der Waals surface area contributed by atoms with Crippen LogP contribution in [0, 0.1) is 16.0 Å². The third-order valence-electron chi connectivity index (χ3n) is 2.68. The lowest BCUT2D eigenvalue weighted by atomic mass is 10.4. The lowest BCUT2D eigenvalue weighted by Gasteiger charge is -2.06. The van der Waals surface area contributed by atoms with Crippen molar-refractivity contribution in [2.24, 2.45) is 5.92 Å². The lowest BCUT2D eigenvalue weighted by Crippen LogP contribution is -2.31. The van der Waals surface area contributed by atoms with E-state index < -0.39 is 4.92 Å². The number of hydrogen-bond acceptors (Lipinski definition) is 5. The quantitative estimate of drug-likeness (QED) is 0.578. The molecule has 0 unspecified atom stereocenters. The summed E-state index contributed by atoms with van der Waals surface area (Å²) in [5, 5.41) is 16.2. The van der Waals surface area contributed by atoms with Crippen LogP contribution in [0.1, 0.15) is 12.8 Å². The molecule has 18 heavy (non-hydrogen) atoms. The first-order chi connectivity index (χ1) is 8.66. The molecular weight excluding hydrogens is 236 g/mol. The van der Waals surface area contributed by atoms with Crippen LogP contribution < -0.4 is 10.6 Å². The summed E-state index contributed by atoms with van der Waals surface area (Å²) in [6, 6.07) is 2.83. The van der Waals surface area contributed by atoms with Gasteiger partial charge in [-0.1, -0.05) is 0 Å². The minimum absolute atomic E-state index is 0.00935.